The van der Waals surface area contributed by atoms with Crippen LogP contribution in [0.25, 0.3) is 0 Å². The minimum absolute atomic E-state index is 0.00519. The van der Waals surface area contributed by atoms with Crippen LogP contribution in [0.5, 0.6) is 0 Å². The van der Waals surface area contributed by atoms with E-state index in [4.69, 9.17) is 0 Å². The quantitative estimate of drug-likeness (QED) is 0.771. The molecule has 1 aromatic carbocycles. The molecule has 3 amide bonds. The van der Waals surface area contributed by atoms with Crippen LogP contribution in [0.2, 0.25) is 0 Å². The minimum Gasteiger partial charge on any atom is -0.341 e. The van der Waals surface area contributed by atoms with Gasteiger partial charge in [-0.1, -0.05) is 6.07 Å². The largest absolute Gasteiger partial charge is 0.341 e. The maximum atomic E-state index is 12.5. The lowest BCUT2D eigenvalue weighted by Crippen LogP contribution is -2.39. The highest BCUT2D eigenvalue weighted by Gasteiger charge is 2.50. The molecule has 0 spiro atoms. The van der Waals surface area contributed by atoms with E-state index < -0.39 is 21.7 Å². The van der Waals surface area contributed by atoms with Gasteiger partial charge in [0.1, 0.15) is 0 Å². The third-order valence-electron chi connectivity index (χ3n) is 5.00. The molecule has 0 aromatic heterocycles. The second-order valence-corrected chi connectivity index (χ2v) is 9.43. The lowest BCUT2D eigenvalue weighted by molar-refractivity contribution is -0.134. The number of sulfone groups is 1. The number of nitrogens with zero attached hydrogens (tertiary/aromatic N) is 1. The summed E-state index contributed by atoms with van der Waals surface area (Å²) in [4.78, 5) is 37.6. The van der Waals surface area contributed by atoms with Crippen molar-refractivity contribution in [1.29, 1.82) is 0 Å². The molecule has 2 aliphatic rings. The smallest absolute Gasteiger partial charge is 0.228 e. The number of hydrogen-bond acceptors (Lipinski definition) is 5. The number of amides is 3. The highest BCUT2D eigenvalue weighted by molar-refractivity contribution is 7.91. The van der Waals surface area contributed by atoms with E-state index in [0.717, 1.165) is 0 Å². The van der Waals surface area contributed by atoms with Gasteiger partial charge in [-0.2, -0.15) is 0 Å². The molecule has 1 saturated heterocycles. The molecule has 1 aliphatic carbocycles. The number of benzene rings is 1. The number of anilines is 2. The Bertz CT molecular complexity index is 883. The van der Waals surface area contributed by atoms with Crippen LogP contribution in [0.1, 0.15) is 19.8 Å². The lowest BCUT2D eigenvalue weighted by Gasteiger charge is -2.23. The summed E-state index contributed by atoms with van der Waals surface area (Å²) in [5.41, 5.74) is 1.12. The average molecular weight is 393 g/mol. The van der Waals surface area contributed by atoms with Crippen LogP contribution in [-0.2, 0) is 24.2 Å². The predicted octanol–water partition coefficient (Wildman–Crippen LogP) is 0.865. The molecule has 0 bridgehead atoms. The summed E-state index contributed by atoms with van der Waals surface area (Å²) < 4.78 is 23.2. The molecule has 3 atom stereocenters. The summed E-state index contributed by atoms with van der Waals surface area (Å²) in [5, 5.41) is 5.41. The maximum absolute atomic E-state index is 12.5. The maximum Gasteiger partial charge on any atom is 0.228 e. The third-order valence-corrected chi connectivity index (χ3v) is 6.75. The van der Waals surface area contributed by atoms with E-state index in [0.29, 0.717) is 24.2 Å². The molecule has 2 N–H and O–H groups in total. The first-order valence-electron chi connectivity index (χ1n) is 8.82. The standard InChI is InChI=1S/C18H23N3O5S/c1-11(22)19-12-4-3-5-13(8-12)20-17(23)15-9-16(15)18(24)21(2)14-6-7-27(25,26)10-14/h3-5,8,14-16H,6-7,9-10H2,1-2H3,(H,19,22)(H,20,23). The fraction of sp³-hybridized carbons (Fsp3) is 0.500. The first-order chi connectivity index (χ1) is 12.7. The van der Waals surface area contributed by atoms with Gasteiger partial charge in [0.05, 0.1) is 23.3 Å². The summed E-state index contributed by atoms with van der Waals surface area (Å²) in [7, 11) is -1.46. The van der Waals surface area contributed by atoms with Gasteiger partial charge in [0.15, 0.2) is 9.84 Å². The Morgan fingerprint density at radius 1 is 1.11 bits per heavy atom. The monoisotopic (exact) mass is 393 g/mol. The molecule has 27 heavy (non-hydrogen) atoms. The van der Waals surface area contributed by atoms with Crippen LogP contribution in [0.4, 0.5) is 11.4 Å². The van der Waals surface area contributed by atoms with Gasteiger partial charge in [-0.05, 0) is 31.0 Å². The zero-order valence-electron chi connectivity index (χ0n) is 15.3. The van der Waals surface area contributed by atoms with Gasteiger partial charge in [-0.3, -0.25) is 14.4 Å². The number of carbonyl (C=O) groups is 3. The van der Waals surface area contributed by atoms with E-state index >= 15 is 0 Å². The number of hydrogen-bond donors (Lipinski definition) is 2. The fourth-order valence-electron chi connectivity index (χ4n) is 3.39. The van der Waals surface area contributed by atoms with Crippen LogP contribution in [0, 0.1) is 11.8 Å². The van der Waals surface area contributed by atoms with Crippen LogP contribution in [0.3, 0.4) is 0 Å². The van der Waals surface area contributed by atoms with E-state index in [9.17, 15) is 22.8 Å². The Morgan fingerprint density at radius 2 is 1.78 bits per heavy atom. The molecular formula is C18H23N3O5S. The summed E-state index contributed by atoms with van der Waals surface area (Å²) in [5.74, 6) is -1.35. The molecule has 9 heteroatoms. The van der Waals surface area contributed by atoms with Crippen molar-refractivity contribution in [2.24, 2.45) is 11.8 Å². The Kier molecular flexibility index (Phi) is 5.23. The van der Waals surface area contributed by atoms with E-state index in [1.54, 1.807) is 31.3 Å². The second-order valence-electron chi connectivity index (χ2n) is 7.21. The average Bonchev–Trinajstić information content (AvgIpc) is 3.30. The molecule has 2 fully saturated rings. The van der Waals surface area contributed by atoms with E-state index in [1.165, 1.54) is 11.8 Å². The van der Waals surface area contributed by atoms with Crippen molar-refractivity contribution in [2.45, 2.75) is 25.8 Å². The second kappa shape index (κ2) is 7.30. The van der Waals surface area contributed by atoms with E-state index in [-0.39, 0.29) is 35.3 Å². The van der Waals surface area contributed by atoms with E-state index in [2.05, 4.69) is 10.6 Å². The first-order valence-corrected chi connectivity index (χ1v) is 10.6. The SMILES string of the molecule is CC(=O)Nc1cccc(NC(=O)C2CC2C(=O)N(C)C2CCS(=O)(=O)C2)c1. The van der Waals surface area contributed by atoms with Gasteiger partial charge < -0.3 is 15.5 Å². The Balaban J connectivity index is 1.56. The molecule has 1 aliphatic heterocycles. The molecule has 3 rings (SSSR count). The number of carbonyl (C=O) groups excluding carboxylic acids is 3. The zero-order valence-corrected chi connectivity index (χ0v) is 16.1. The van der Waals surface area contributed by atoms with Crippen LogP contribution < -0.4 is 10.6 Å². The van der Waals surface area contributed by atoms with Crippen molar-refractivity contribution in [1.82, 2.24) is 4.90 Å². The lowest BCUT2D eigenvalue weighted by atomic mass is 10.2. The Labute approximate surface area is 158 Å². The summed E-state index contributed by atoms with van der Waals surface area (Å²) in [6.07, 6.45) is 0.907. The molecule has 1 aromatic rings. The van der Waals surface area contributed by atoms with Crippen molar-refractivity contribution in [3.63, 3.8) is 0 Å². The van der Waals surface area contributed by atoms with Gasteiger partial charge in [0.2, 0.25) is 17.7 Å². The fourth-order valence-corrected chi connectivity index (χ4v) is 5.17. The number of rotatable bonds is 5. The van der Waals surface area contributed by atoms with Gasteiger partial charge in [0, 0.05) is 31.4 Å². The zero-order chi connectivity index (χ0) is 19.8. The van der Waals surface area contributed by atoms with Crippen LogP contribution in [-0.4, -0.2) is 55.6 Å². The van der Waals surface area contributed by atoms with Gasteiger partial charge in [-0.15, -0.1) is 0 Å². The van der Waals surface area contributed by atoms with Crippen LogP contribution >= 0.6 is 0 Å². The van der Waals surface area contributed by atoms with Crippen molar-refractivity contribution in [2.75, 3.05) is 29.2 Å². The molecule has 8 nitrogen and oxygen atoms in total. The molecule has 146 valence electrons. The van der Waals surface area contributed by atoms with Crippen LogP contribution in [0.15, 0.2) is 24.3 Å². The summed E-state index contributed by atoms with van der Waals surface area (Å²) >= 11 is 0. The summed E-state index contributed by atoms with van der Waals surface area (Å²) in [6, 6.07) is 6.48. The molecule has 3 unspecified atom stereocenters. The molecule has 1 saturated carbocycles. The van der Waals surface area contributed by atoms with Gasteiger partial charge in [-0.25, -0.2) is 8.42 Å². The van der Waals surface area contributed by atoms with E-state index in [1.807, 2.05) is 0 Å². The first kappa shape index (κ1) is 19.3. The Hall–Kier alpha value is -2.42. The Morgan fingerprint density at radius 3 is 2.37 bits per heavy atom. The highest BCUT2D eigenvalue weighted by Crippen LogP contribution is 2.41. The third kappa shape index (κ3) is 4.65. The molecule has 1 heterocycles. The van der Waals surface area contributed by atoms with Crippen molar-refractivity contribution in [3.05, 3.63) is 24.3 Å². The number of nitrogens with one attached hydrogen (secondary N) is 2. The van der Waals surface area contributed by atoms with Crippen molar-refractivity contribution in [3.8, 4) is 0 Å². The molecule has 0 radical (unpaired) electrons. The van der Waals surface area contributed by atoms with Crippen molar-refractivity contribution >= 4 is 38.9 Å². The molecular weight excluding hydrogens is 370 g/mol. The van der Waals surface area contributed by atoms with Gasteiger partial charge >= 0.3 is 0 Å². The summed E-state index contributed by atoms with van der Waals surface area (Å²) in [6.45, 7) is 1.40. The van der Waals surface area contributed by atoms with Gasteiger partial charge in [0.25, 0.3) is 0 Å². The van der Waals surface area contributed by atoms with Crippen molar-refractivity contribution < 1.29 is 22.8 Å². The minimum atomic E-state index is -3.07. The topological polar surface area (TPSA) is 113 Å². The predicted molar refractivity (Wildman–Crippen MR) is 101 cm³/mol. The normalized spacial score (nSPS) is 25.5. The highest BCUT2D eigenvalue weighted by atomic mass is 32.2.